The first-order chi connectivity index (χ1) is 10.3. The summed E-state index contributed by atoms with van der Waals surface area (Å²) in [7, 11) is 0. The highest BCUT2D eigenvalue weighted by molar-refractivity contribution is 5.65. The van der Waals surface area contributed by atoms with E-state index in [1.165, 1.54) is 24.0 Å². The molecule has 1 spiro atoms. The largest absolute Gasteiger partial charge is 0.360 e. The second-order valence-electron chi connectivity index (χ2n) is 6.29. The lowest BCUT2D eigenvalue weighted by Gasteiger charge is -2.38. The average molecular weight is 280 g/mol. The molecule has 0 amide bonds. The van der Waals surface area contributed by atoms with Crippen molar-refractivity contribution in [1.82, 2.24) is 10.1 Å². The van der Waals surface area contributed by atoms with E-state index in [2.05, 4.69) is 46.5 Å². The zero-order valence-corrected chi connectivity index (χ0v) is 12.4. The Morgan fingerprint density at radius 2 is 2.05 bits per heavy atom. The number of allylic oxidation sites excluding steroid dienone is 1. The first-order valence-electron chi connectivity index (χ1n) is 7.69. The molecule has 0 radical (unpaired) electrons. The molecule has 2 heterocycles. The predicted molar refractivity (Wildman–Crippen MR) is 82.9 cm³/mol. The van der Waals surface area contributed by atoms with E-state index in [0.717, 1.165) is 31.1 Å². The van der Waals surface area contributed by atoms with Gasteiger partial charge < -0.3 is 4.52 Å². The highest BCUT2D eigenvalue weighted by atomic mass is 16.5. The number of aromatic nitrogens is 1. The molecule has 0 unspecified atom stereocenters. The molecule has 1 fully saturated rings. The van der Waals surface area contributed by atoms with Crippen LogP contribution in [0.5, 0.6) is 0 Å². The third-order valence-electron chi connectivity index (χ3n) is 4.88. The number of benzene rings is 1. The maximum atomic E-state index is 5.33. The second-order valence-corrected chi connectivity index (χ2v) is 6.29. The van der Waals surface area contributed by atoms with E-state index in [1.54, 1.807) is 0 Å². The van der Waals surface area contributed by atoms with Crippen LogP contribution in [0.2, 0.25) is 0 Å². The highest BCUT2D eigenvalue weighted by Crippen LogP contribution is 2.43. The van der Waals surface area contributed by atoms with Crippen molar-refractivity contribution in [1.29, 1.82) is 0 Å². The van der Waals surface area contributed by atoms with Gasteiger partial charge in [-0.3, -0.25) is 4.90 Å². The number of piperidine rings is 1. The fourth-order valence-electron chi connectivity index (χ4n) is 3.69. The van der Waals surface area contributed by atoms with E-state index < -0.39 is 0 Å². The van der Waals surface area contributed by atoms with Crippen LogP contribution in [0.1, 0.15) is 35.4 Å². The van der Waals surface area contributed by atoms with E-state index in [4.69, 9.17) is 4.52 Å². The number of likely N-dealkylation sites (tertiary alicyclic amines) is 1. The summed E-state index contributed by atoms with van der Waals surface area (Å²) >= 11 is 0. The van der Waals surface area contributed by atoms with Gasteiger partial charge in [-0.2, -0.15) is 0 Å². The summed E-state index contributed by atoms with van der Waals surface area (Å²) in [5, 5.41) is 3.97. The quantitative estimate of drug-likeness (QED) is 0.842. The molecule has 1 aromatic carbocycles. The summed E-state index contributed by atoms with van der Waals surface area (Å²) in [6.45, 7) is 5.07. The van der Waals surface area contributed by atoms with Crippen LogP contribution >= 0.6 is 0 Å². The average Bonchev–Trinajstić information content (AvgIpc) is 3.07. The molecule has 1 saturated heterocycles. The highest BCUT2D eigenvalue weighted by Gasteiger charge is 2.37. The van der Waals surface area contributed by atoms with Crippen molar-refractivity contribution in [3.05, 3.63) is 59.0 Å². The normalized spacial score (nSPS) is 20.0. The minimum Gasteiger partial charge on any atom is -0.360 e. The van der Waals surface area contributed by atoms with Gasteiger partial charge in [-0.05, 0) is 44.0 Å². The van der Waals surface area contributed by atoms with Crippen molar-refractivity contribution in [2.45, 2.75) is 31.7 Å². The van der Waals surface area contributed by atoms with Crippen molar-refractivity contribution < 1.29 is 4.52 Å². The Morgan fingerprint density at radius 3 is 2.81 bits per heavy atom. The van der Waals surface area contributed by atoms with Gasteiger partial charge in [-0.1, -0.05) is 41.6 Å². The fraction of sp³-hybridized carbons (Fsp3) is 0.389. The van der Waals surface area contributed by atoms with Gasteiger partial charge in [0.15, 0.2) is 5.76 Å². The number of hydrogen-bond acceptors (Lipinski definition) is 3. The zero-order valence-electron chi connectivity index (χ0n) is 12.4. The van der Waals surface area contributed by atoms with Crippen LogP contribution in [-0.4, -0.2) is 23.1 Å². The lowest BCUT2D eigenvalue weighted by molar-refractivity contribution is 0.161. The Kier molecular flexibility index (Phi) is 2.96. The van der Waals surface area contributed by atoms with Crippen molar-refractivity contribution >= 4 is 6.08 Å². The number of fused-ring (bicyclic) bond motifs is 2. The predicted octanol–water partition coefficient (Wildman–Crippen LogP) is 3.54. The van der Waals surface area contributed by atoms with Gasteiger partial charge in [-0.25, -0.2) is 0 Å². The van der Waals surface area contributed by atoms with Crippen molar-refractivity contribution in [3.8, 4) is 0 Å². The molecule has 3 nitrogen and oxygen atoms in total. The molecule has 4 rings (SSSR count). The molecule has 108 valence electrons. The van der Waals surface area contributed by atoms with Crippen molar-refractivity contribution in [2.75, 3.05) is 13.1 Å². The summed E-state index contributed by atoms with van der Waals surface area (Å²) in [4.78, 5) is 2.47. The van der Waals surface area contributed by atoms with Gasteiger partial charge in [0.25, 0.3) is 0 Å². The van der Waals surface area contributed by atoms with E-state index in [-0.39, 0.29) is 5.41 Å². The summed E-state index contributed by atoms with van der Waals surface area (Å²) in [5.41, 5.74) is 4.15. The third kappa shape index (κ3) is 2.22. The lowest BCUT2D eigenvalue weighted by Crippen LogP contribution is -2.40. The molecule has 0 bridgehead atoms. The molecular formula is C18H20N2O. The first kappa shape index (κ1) is 12.8. The van der Waals surface area contributed by atoms with Crippen LogP contribution in [0.3, 0.4) is 0 Å². The van der Waals surface area contributed by atoms with Crippen molar-refractivity contribution in [3.63, 3.8) is 0 Å². The van der Waals surface area contributed by atoms with Crippen LogP contribution < -0.4 is 0 Å². The van der Waals surface area contributed by atoms with Crippen LogP contribution in [0.25, 0.3) is 6.08 Å². The SMILES string of the molecule is Cc1cc(CN2CCC3(C=Cc4ccccc43)CC2)on1. The Labute approximate surface area is 125 Å². The van der Waals surface area contributed by atoms with Crippen LogP contribution in [0.4, 0.5) is 0 Å². The molecule has 1 aliphatic heterocycles. The molecule has 1 aromatic heterocycles. The molecule has 1 aliphatic carbocycles. The van der Waals surface area contributed by atoms with E-state index >= 15 is 0 Å². The van der Waals surface area contributed by atoms with Gasteiger partial charge in [0.05, 0.1) is 12.2 Å². The topological polar surface area (TPSA) is 29.3 Å². The minimum absolute atomic E-state index is 0.268. The molecule has 0 saturated carbocycles. The second kappa shape index (κ2) is 4.85. The van der Waals surface area contributed by atoms with Gasteiger partial charge in [0, 0.05) is 11.5 Å². The standard InChI is InChI=1S/C18H20N2O/c1-14-12-16(21-19-14)13-20-10-8-18(9-11-20)7-6-15-4-2-3-5-17(15)18/h2-7,12H,8-11,13H2,1H3. The molecule has 3 heteroatoms. The zero-order chi connectivity index (χ0) is 14.3. The lowest BCUT2D eigenvalue weighted by atomic mass is 9.74. The number of aryl methyl sites for hydroxylation is 1. The minimum atomic E-state index is 0.268. The van der Waals surface area contributed by atoms with Crippen LogP contribution in [0.15, 0.2) is 40.9 Å². The Morgan fingerprint density at radius 1 is 1.24 bits per heavy atom. The summed E-state index contributed by atoms with van der Waals surface area (Å²) in [5.74, 6) is 0.978. The van der Waals surface area contributed by atoms with Crippen molar-refractivity contribution in [2.24, 2.45) is 0 Å². The Hall–Kier alpha value is -1.87. The summed E-state index contributed by atoms with van der Waals surface area (Å²) < 4.78 is 5.33. The van der Waals surface area contributed by atoms with Crippen LogP contribution in [0, 0.1) is 6.92 Å². The van der Waals surface area contributed by atoms with E-state index in [1.807, 2.05) is 13.0 Å². The first-order valence-corrected chi connectivity index (χ1v) is 7.69. The molecular weight excluding hydrogens is 260 g/mol. The Balaban J connectivity index is 1.47. The monoisotopic (exact) mass is 280 g/mol. The summed E-state index contributed by atoms with van der Waals surface area (Å²) in [6, 6.07) is 10.9. The maximum Gasteiger partial charge on any atom is 0.150 e. The maximum absolute atomic E-state index is 5.33. The summed E-state index contributed by atoms with van der Waals surface area (Å²) in [6.07, 6.45) is 7.10. The fourth-order valence-corrected chi connectivity index (χ4v) is 3.69. The Bertz CT molecular complexity index is 678. The van der Waals surface area contributed by atoms with Gasteiger partial charge in [-0.15, -0.1) is 0 Å². The van der Waals surface area contributed by atoms with Gasteiger partial charge >= 0.3 is 0 Å². The van der Waals surface area contributed by atoms with Crippen LogP contribution in [-0.2, 0) is 12.0 Å². The smallest absolute Gasteiger partial charge is 0.150 e. The van der Waals surface area contributed by atoms with Gasteiger partial charge in [0.1, 0.15) is 0 Å². The number of hydrogen-bond donors (Lipinski definition) is 0. The molecule has 2 aromatic rings. The molecule has 2 aliphatic rings. The third-order valence-corrected chi connectivity index (χ3v) is 4.88. The molecule has 0 atom stereocenters. The molecule has 21 heavy (non-hydrogen) atoms. The van der Waals surface area contributed by atoms with Gasteiger partial charge in [0.2, 0.25) is 0 Å². The number of rotatable bonds is 2. The number of nitrogens with zero attached hydrogens (tertiary/aromatic N) is 2. The van der Waals surface area contributed by atoms with E-state index in [0.29, 0.717) is 0 Å². The van der Waals surface area contributed by atoms with E-state index in [9.17, 15) is 0 Å². The molecule has 0 N–H and O–H groups in total.